The van der Waals surface area contributed by atoms with Gasteiger partial charge in [-0.25, -0.2) is 0 Å². The van der Waals surface area contributed by atoms with Gasteiger partial charge in [-0.2, -0.15) is 13.2 Å². The highest BCUT2D eigenvalue weighted by Gasteiger charge is 2.34. The van der Waals surface area contributed by atoms with Crippen LogP contribution in [0.15, 0.2) is 42.5 Å². The van der Waals surface area contributed by atoms with Crippen molar-refractivity contribution in [3.05, 3.63) is 53.6 Å². The van der Waals surface area contributed by atoms with E-state index in [0.29, 0.717) is 25.4 Å². The van der Waals surface area contributed by atoms with E-state index in [-0.39, 0.29) is 29.9 Å². The van der Waals surface area contributed by atoms with Gasteiger partial charge in [-0.1, -0.05) is 19.1 Å². The van der Waals surface area contributed by atoms with Crippen molar-refractivity contribution in [3.63, 3.8) is 0 Å². The molecule has 2 aromatic rings. The lowest BCUT2D eigenvalue weighted by molar-refractivity contribution is -0.142. The number of aliphatic hydroxyl groups is 1. The predicted octanol–water partition coefficient (Wildman–Crippen LogP) is 4.33. The van der Waals surface area contributed by atoms with E-state index >= 15 is 0 Å². The standard InChI is InChI=1S/C28H36F3N3O5/c1-18-14-34(19(2)17-35)27(37)23-13-21(32-26(36)11-12-28(29,30)31)7-10-24(23)39-25(18)16-33(3)15-20-5-8-22(38-4)9-6-20/h5-10,13,18-19,25,35H,11-12,14-17H2,1-4H3,(H,32,36)/t18-,19+,25-/m1/s1. The molecule has 0 saturated heterocycles. The number of nitrogens with one attached hydrogen (secondary N) is 1. The van der Waals surface area contributed by atoms with Gasteiger partial charge in [-0.3, -0.25) is 14.5 Å². The fourth-order valence-electron chi connectivity index (χ4n) is 4.41. The minimum Gasteiger partial charge on any atom is -0.497 e. The van der Waals surface area contributed by atoms with Gasteiger partial charge in [-0.15, -0.1) is 0 Å². The number of halogens is 3. The maximum Gasteiger partial charge on any atom is 0.389 e. The first-order valence-electron chi connectivity index (χ1n) is 12.8. The third-order valence-corrected chi connectivity index (χ3v) is 6.69. The molecule has 0 aromatic heterocycles. The molecule has 3 rings (SSSR count). The third kappa shape index (κ3) is 8.59. The molecule has 1 aliphatic rings. The fraction of sp³-hybridized carbons (Fsp3) is 0.500. The van der Waals surface area contributed by atoms with Crippen molar-refractivity contribution in [1.29, 1.82) is 0 Å². The Kier molecular flexibility index (Phi) is 10.2. The van der Waals surface area contributed by atoms with Crippen LogP contribution in [-0.4, -0.2) is 78.9 Å². The SMILES string of the molecule is COc1ccc(CN(C)C[C@H]2Oc3ccc(NC(=O)CCC(F)(F)F)cc3C(=O)N([C@@H](C)CO)C[C@H]2C)cc1. The Hall–Kier alpha value is -3.31. The first kappa shape index (κ1) is 30.2. The van der Waals surface area contributed by atoms with Crippen LogP contribution in [0.4, 0.5) is 18.9 Å². The predicted molar refractivity (Wildman–Crippen MR) is 141 cm³/mol. The Labute approximate surface area is 226 Å². The molecule has 214 valence electrons. The van der Waals surface area contributed by atoms with Crippen LogP contribution in [-0.2, 0) is 11.3 Å². The summed E-state index contributed by atoms with van der Waals surface area (Å²) in [7, 11) is 3.58. The zero-order valence-electron chi connectivity index (χ0n) is 22.6. The van der Waals surface area contributed by atoms with E-state index in [2.05, 4.69) is 10.2 Å². The number of hydrogen-bond acceptors (Lipinski definition) is 6. The maximum absolute atomic E-state index is 13.5. The van der Waals surface area contributed by atoms with E-state index < -0.39 is 36.9 Å². The van der Waals surface area contributed by atoms with Gasteiger partial charge < -0.3 is 24.8 Å². The van der Waals surface area contributed by atoms with Gasteiger partial charge in [-0.05, 0) is 49.9 Å². The number of likely N-dealkylation sites (N-methyl/N-ethyl adjacent to an activating group) is 1. The molecule has 2 N–H and O–H groups in total. The number of ether oxygens (including phenoxy) is 2. The summed E-state index contributed by atoms with van der Waals surface area (Å²) in [4.78, 5) is 29.3. The molecular weight excluding hydrogens is 515 g/mol. The van der Waals surface area contributed by atoms with Crippen LogP contribution in [0.2, 0.25) is 0 Å². The summed E-state index contributed by atoms with van der Waals surface area (Å²) in [5.41, 5.74) is 1.45. The summed E-state index contributed by atoms with van der Waals surface area (Å²) < 4.78 is 49.1. The highest BCUT2D eigenvalue weighted by Crippen LogP contribution is 2.31. The summed E-state index contributed by atoms with van der Waals surface area (Å²) in [5, 5.41) is 12.3. The van der Waals surface area contributed by atoms with E-state index in [1.165, 1.54) is 12.1 Å². The molecule has 0 aliphatic carbocycles. The zero-order valence-corrected chi connectivity index (χ0v) is 22.6. The van der Waals surface area contributed by atoms with Crippen molar-refractivity contribution >= 4 is 17.5 Å². The monoisotopic (exact) mass is 551 g/mol. The summed E-state index contributed by atoms with van der Waals surface area (Å²) in [6, 6.07) is 11.7. The lowest BCUT2D eigenvalue weighted by Gasteiger charge is -2.38. The molecule has 0 bridgehead atoms. The van der Waals surface area contributed by atoms with Crippen molar-refractivity contribution in [2.75, 3.05) is 39.2 Å². The lowest BCUT2D eigenvalue weighted by Crippen LogP contribution is -2.49. The van der Waals surface area contributed by atoms with Crippen molar-refractivity contribution in [2.24, 2.45) is 5.92 Å². The van der Waals surface area contributed by atoms with Crippen molar-refractivity contribution < 1.29 is 37.3 Å². The lowest BCUT2D eigenvalue weighted by atomic mass is 9.99. The Morgan fingerprint density at radius 2 is 1.95 bits per heavy atom. The smallest absolute Gasteiger partial charge is 0.389 e. The molecule has 0 unspecified atom stereocenters. The molecule has 0 radical (unpaired) electrons. The van der Waals surface area contributed by atoms with Crippen LogP contribution < -0.4 is 14.8 Å². The van der Waals surface area contributed by atoms with Gasteiger partial charge >= 0.3 is 6.18 Å². The van der Waals surface area contributed by atoms with E-state index in [1.54, 1.807) is 25.0 Å². The number of rotatable bonds is 10. The van der Waals surface area contributed by atoms with Crippen LogP contribution >= 0.6 is 0 Å². The number of alkyl halides is 3. The van der Waals surface area contributed by atoms with E-state index in [0.717, 1.165) is 11.3 Å². The average Bonchev–Trinajstić information content (AvgIpc) is 2.89. The van der Waals surface area contributed by atoms with E-state index in [9.17, 15) is 27.9 Å². The Morgan fingerprint density at radius 1 is 1.26 bits per heavy atom. The molecule has 39 heavy (non-hydrogen) atoms. The van der Waals surface area contributed by atoms with Crippen molar-refractivity contribution in [1.82, 2.24) is 9.80 Å². The van der Waals surface area contributed by atoms with Crippen LogP contribution in [0.25, 0.3) is 0 Å². The number of hydrogen-bond donors (Lipinski definition) is 2. The topological polar surface area (TPSA) is 91.3 Å². The Morgan fingerprint density at radius 3 is 2.56 bits per heavy atom. The highest BCUT2D eigenvalue weighted by atomic mass is 19.4. The summed E-state index contributed by atoms with van der Waals surface area (Å²) in [6.07, 6.45) is -6.73. The minimum absolute atomic E-state index is 0.0869. The van der Waals surface area contributed by atoms with Crippen molar-refractivity contribution in [2.45, 2.75) is 51.6 Å². The van der Waals surface area contributed by atoms with E-state index in [4.69, 9.17) is 9.47 Å². The zero-order chi connectivity index (χ0) is 28.7. The van der Waals surface area contributed by atoms with Crippen LogP contribution in [0, 0.1) is 5.92 Å². The second-order valence-corrected chi connectivity index (χ2v) is 10.0. The van der Waals surface area contributed by atoms with Crippen LogP contribution in [0.5, 0.6) is 11.5 Å². The molecular formula is C28H36F3N3O5. The summed E-state index contributed by atoms with van der Waals surface area (Å²) in [5.74, 6) is -0.212. The number of aliphatic hydroxyl groups excluding tert-OH is 1. The third-order valence-electron chi connectivity index (χ3n) is 6.69. The fourth-order valence-corrected chi connectivity index (χ4v) is 4.41. The number of benzene rings is 2. The molecule has 3 atom stereocenters. The normalized spacial score (nSPS) is 18.6. The first-order chi connectivity index (χ1) is 18.4. The van der Waals surface area contributed by atoms with Crippen molar-refractivity contribution in [3.8, 4) is 11.5 Å². The first-order valence-corrected chi connectivity index (χ1v) is 12.8. The molecule has 2 aromatic carbocycles. The van der Waals surface area contributed by atoms with Gasteiger partial charge in [0.05, 0.1) is 31.7 Å². The molecule has 0 spiro atoms. The van der Waals surface area contributed by atoms with Gasteiger partial charge in [0.25, 0.3) is 5.91 Å². The summed E-state index contributed by atoms with van der Waals surface area (Å²) >= 11 is 0. The molecule has 8 nitrogen and oxygen atoms in total. The van der Waals surface area contributed by atoms with Gasteiger partial charge in [0, 0.05) is 37.7 Å². The molecule has 2 amide bonds. The number of fused-ring (bicyclic) bond motifs is 1. The number of methoxy groups -OCH3 is 1. The van der Waals surface area contributed by atoms with Crippen LogP contribution in [0.3, 0.4) is 0 Å². The number of amides is 2. The Balaban J connectivity index is 1.82. The second-order valence-electron chi connectivity index (χ2n) is 10.0. The minimum atomic E-state index is -4.44. The number of nitrogens with zero attached hydrogens (tertiary/aromatic N) is 2. The number of carbonyl (C=O) groups is 2. The maximum atomic E-state index is 13.5. The molecule has 11 heteroatoms. The van der Waals surface area contributed by atoms with E-state index in [1.807, 2.05) is 38.2 Å². The van der Waals surface area contributed by atoms with Gasteiger partial charge in [0.1, 0.15) is 17.6 Å². The number of anilines is 1. The highest BCUT2D eigenvalue weighted by molar-refractivity contribution is 5.99. The quantitative estimate of drug-likeness (QED) is 0.457. The van der Waals surface area contributed by atoms with Gasteiger partial charge in [0.15, 0.2) is 0 Å². The largest absolute Gasteiger partial charge is 0.497 e. The van der Waals surface area contributed by atoms with Crippen LogP contribution in [0.1, 0.15) is 42.6 Å². The number of carbonyl (C=O) groups excluding carboxylic acids is 2. The second kappa shape index (κ2) is 13.2. The summed E-state index contributed by atoms with van der Waals surface area (Å²) in [6.45, 7) is 4.99. The van der Waals surface area contributed by atoms with Gasteiger partial charge in [0.2, 0.25) is 5.91 Å². The molecule has 1 aliphatic heterocycles. The molecule has 0 fully saturated rings. The molecule has 0 saturated carbocycles. The Bertz CT molecular complexity index is 1130. The molecule has 1 heterocycles. The average molecular weight is 552 g/mol.